The van der Waals surface area contributed by atoms with E-state index >= 15 is 0 Å². The summed E-state index contributed by atoms with van der Waals surface area (Å²) in [5, 5.41) is 9.58. The van der Waals surface area contributed by atoms with Crippen LogP contribution in [0.5, 0.6) is 0 Å². The summed E-state index contributed by atoms with van der Waals surface area (Å²) in [7, 11) is 0. The largest absolute Gasteiger partial charge is 0.348 e. The third kappa shape index (κ3) is 4.01. The van der Waals surface area contributed by atoms with Crippen LogP contribution in [0.4, 0.5) is 0 Å². The van der Waals surface area contributed by atoms with Crippen LogP contribution >= 0.6 is 0 Å². The molecule has 0 saturated carbocycles. The summed E-state index contributed by atoms with van der Waals surface area (Å²) in [5.41, 5.74) is 3.92. The van der Waals surface area contributed by atoms with Crippen LogP contribution in [0.2, 0.25) is 0 Å². The Kier molecular flexibility index (Phi) is 5.24. The zero-order valence-corrected chi connectivity index (χ0v) is 17.5. The minimum Gasteiger partial charge on any atom is -0.348 e. The fraction of sp³-hybridized carbons (Fsp3) is 0.0800. The van der Waals surface area contributed by atoms with E-state index in [-0.39, 0.29) is 24.3 Å². The molecule has 4 aromatic rings. The van der Waals surface area contributed by atoms with Gasteiger partial charge in [0, 0.05) is 17.7 Å². The monoisotopic (exact) mass is 437 g/mol. The lowest BCUT2D eigenvalue weighted by molar-refractivity contribution is 0.0641. The highest BCUT2D eigenvalue weighted by atomic mass is 16.2. The maximum absolute atomic E-state index is 12.6. The van der Waals surface area contributed by atoms with Crippen molar-refractivity contribution in [2.24, 2.45) is 0 Å². The third-order valence-corrected chi connectivity index (χ3v) is 5.50. The number of H-pyrrole nitrogens is 1. The van der Waals surface area contributed by atoms with E-state index in [1.54, 1.807) is 48.5 Å². The van der Waals surface area contributed by atoms with Gasteiger partial charge in [-0.25, -0.2) is 4.98 Å². The molecule has 0 saturated heterocycles. The smallest absolute Gasteiger partial charge is 0.261 e. The second-order valence-corrected chi connectivity index (χ2v) is 7.66. The quantitative estimate of drug-likeness (QED) is 0.451. The molecule has 162 valence electrons. The number of carbonyl (C=O) groups is 3. The maximum atomic E-state index is 12.6. The van der Waals surface area contributed by atoms with Gasteiger partial charge in [0.2, 0.25) is 0 Å². The average molecular weight is 437 g/mol. The topological polar surface area (TPSA) is 108 Å². The first-order valence-electron chi connectivity index (χ1n) is 10.4. The number of hydrogen-bond acceptors (Lipinski definition) is 5. The van der Waals surface area contributed by atoms with Crippen LogP contribution in [0, 0.1) is 0 Å². The molecule has 0 radical (unpaired) electrons. The molecule has 3 aromatic carbocycles. The first-order valence-corrected chi connectivity index (χ1v) is 10.4. The normalized spacial score (nSPS) is 12.7. The van der Waals surface area contributed by atoms with E-state index in [1.165, 1.54) is 11.2 Å². The molecular weight excluding hydrogens is 418 g/mol. The molecule has 8 nitrogen and oxygen atoms in total. The summed E-state index contributed by atoms with van der Waals surface area (Å²) in [5.74, 6) is -0.154. The number of nitrogens with zero attached hydrogens (tertiary/aromatic N) is 3. The summed E-state index contributed by atoms with van der Waals surface area (Å²) >= 11 is 0. The van der Waals surface area contributed by atoms with Gasteiger partial charge in [-0.15, -0.1) is 0 Å². The number of hydrogen-bond donors (Lipinski definition) is 2. The van der Waals surface area contributed by atoms with Crippen molar-refractivity contribution in [2.75, 3.05) is 0 Å². The number of amides is 3. The van der Waals surface area contributed by atoms with Crippen molar-refractivity contribution in [2.45, 2.75) is 13.1 Å². The Hall–Kier alpha value is -4.59. The van der Waals surface area contributed by atoms with Gasteiger partial charge in [0.05, 0.1) is 17.7 Å². The van der Waals surface area contributed by atoms with Crippen LogP contribution in [0.25, 0.3) is 11.4 Å². The number of imide groups is 1. The first-order chi connectivity index (χ1) is 16.1. The van der Waals surface area contributed by atoms with Gasteiger partial charge < -0.3 is 5.32 Å². The average Bonchev–Trinajstić information content (AvgIpc) is 3.48. The van der Waals surface area contributed by atoms with E-state index in [4.69, 9.17) is 0 Å². The van der Waals surface area contributed by atoms with E-state index in [0.717, 1.165) is 16.7 Å². The zero-order chi connectivity index (χ0) is 22.8. The summed E-state index contributed by atoms with van der Waals surface area (Å²) < 4.78 is 0. The fourth-order valence-electron chi connectivity index (χ4n) is 3.78. The van der Waals surface area contributed by atoms with Crippen LogP contribution in [0.15, 0.2) is 79.1 Å². The zero-order valence-electron chi connectivity index (χ0n) is 17.5. The summed E-state index contributed by atoms with van der Waals surface area (Å²) in [6.45, 7) is 0.514. The molecule has 5 rings (SSSR count). The standard InChI is InChI=1S/C25H19N5O3/c31-23(26-13-17-4-3-5-19(12-17)22-27-15-28-29-22)18-10-8-16(9-11-18)14-30-24(32)20-6-1-2-7-21(20)25(30)33/h1-12,15H,13-14H2,(H,26,31)(H,27,28,29). The molecule has 0 aliphatic carbocycles. The number of aromatic amines is 1. The van der Waals surface area contributed by atoms with E-state index in [2.05, 4.69) is 20.5 Å². The highest BCUT2D eigenvalue weighted by Crippen LogP contribution is 2.24. The molecule has 1 aliphatic rings. The van der Waals surface area contributed by atoms with Gasteiger partial charge in [0.1, 0.15) is 6.33 Å². The molecule has 1 aromatic heterocycles. The van der Waals surface area contributed by atoms with E-state index in [1.807, 2.05) is 24.3 Å². The SMILES string of the molecule is O=C(NCc1cccc(-c2ncn[nH]2)c1)c1ccc(CN2C(=O)c3ccccc3C2=O)cc1. The van der Waals surface area contributed by atoms with Gasteiger partial charge >= 0.3 is 0 Å². The third-order valence-electron chi connectivity index (χ3n) is 5.50. The molecule has 0 spiro atoms. The molecule has 3 amide bonds. The van der Waals surface area contributed by atoms with Crippen molar-refractivity contribution < 1.29 is 14.4 Å². The summed E-state index contributed by atoms with van der Waals surface area (Å²) in [6.07, 6.45) is 1.45. The number of aromatic nitrogens is 3. The highest BCUT2D eigenvalue weighted by Gasteiger charge is 2.34. The van der Waals surface area contributed by atoms with Crippen LogP contribution in [-0.2, 0) is 13.1 Å². The summed E-state index contributed by atoms with van der Waals surface area (Å²) in [4.78, 5) is 43.0. The fourth-order valence-corrected chi connectivity index (χ4v) is 3.78. The van der Waals surface area contributed by atoms with Gasteiger partial charge in [-0.05, 0) is 41.5 Å². The molecular formula is C25H19N5O3. The van der Waals surface area contributed by atoms with Gasteiger partial charge in [0.25, 0.3) is 17.7 Å². The molecule has 33 heavy (non-hydrogen) atoms. The molecule has 0 bridgehead atoms. The van der Waals surface area contributed by atoms with Gasteiger partial charge in [-0.2, -0.15) is 5.10 Å². The van der Waals surface area contributed by atoms with Crippen molar-refractivity contribution in [3.8, 4) is 11.4 Å². The Morgan fingerprint density at radius 1 is 0.879 bits per heavy atom. The number of rotatable bonds is 6. The lowest BCUT2D eigenvalue weighted by Crippen LogP contribution is -2.29. The van der Waals surface area contributed by atoms with E-state index in [0.29, 0.717) is 29.1 Å². The molecule has 1 aliphatic heterocycles. The van der Waals surface area contributed by atoms with Crippen LogP contribution in [-0.4, -0.2) is 37.8 Å². The second kappa shape index (κ2) is 8.51. The molecule has 0 unspecified atom stereocenters. The molecule has 0 atom stereocenters. The first kappa shape index (κ1) is 20.3. The van der Waals surface area contributed by atoms with Gasteiger partial charge in [-0.3, -0.25) is 24.4 Å². The lowest BCUT2D eigenvalue weighted by Gasteiger charge is -2.14. The molecule has 8 heteroatoms. The Morgan fingerprint density at radius 3 is 2.27 bits per heavy atom. The Balaban J connectivity index is 1.21. The Morgan fingerprint density at radius 2 is 1.61 bits per heavy atom. The van der Waals surface area contributed by atoms with Crippen molar-refractivity contribution in [1.82, 2.24) is 25.4 Å². The highest BCUT2D eigenvalue weighted by molar-refractivity contribution is 6.21. The van der Waals surface area contributed by atoms with E-state index < -0.39 is 0 Å². The van der Waals surface area contributed by atoms with Crippen LogP contribution in [0.3, 0.4) is 0 Å². The molecule has 2 heterocycles. The molecule has 0 fully saturated rings. The van der Waals surface area contributed by atoms with Crippen LogP contribution < -0.4 is 5.32 Å². The van der Waals surface area contributed by atoms with Gasteiger partial charge in [-0.1, -0.05) is 42.5 Å². The van der Waals surface area contributed by atoms with Crippen molar-refractivity contribution >= 4 is 17.7 Å². The van der Waals surface area contributed by atoms with E-state index in [9.17, 15) is 14.4 Å². The Bertz CT molecular complexity index is 1310. The number of fused-ring (bicyclic) bond motifs is 1. The molecule has 2 N–H and O–H groups in total. The van der Waals surface area contributed by atoms with Crippen molar-refractivity contribution in [3.05, 3.63) is 107 Å². The van der Waals surface area contributed by atoms with Gasteiger partial charge in [0.15, 0.2) is 5.82 Å². The lowest BCUT2D eigenvalue weighted by atomic mass is 10.1. The predicted molar refractivity (Wildman–Crippen MR) is 120 cm³/mol. The second-order valence-electron chi connectivity index (χ2n) is 7.66. The van der Waals surface area contributed by atoms with Crippen molar-refractivity contribution in [1.29, 1.82) is 0 Å². The predicted octanol–water partition coefficient (Wildman–Crippen LogP) is 3.20. The van der Waals surface area contributed by atoms with Crippen molar-refractivity contribution in [3.63, 3.8) is 0 Å². The maximum Gasteiger partial charge on any atom is 0.261 e. The minimum absolute atomic E-state index is 0.155. The minimum atomic E-state index is -0.301. The Labute approximate surface area is 189 Å². The number of benzene rings is 3. The van der Waals surface area contributed by atoms with Crippen LogP contribution in [0.1, 0.15) is 42.2 Å². The number of nitrogens with one attached hydrogen (secondary N) is 2. The number of carbonyl (C=O) groups excluding carboxylic acids is 3. The summed E-state index contributed by atoms with van der Waals surface area (Å²) in [6, 6.07) is 21.3.